The standard InChI is InChI=1S/C16H24O8/c1-6-7-18-14(17)21-11-10(9-8-19-15(2,3)22-9)20-13-12(11)23-16(4,5)24-13/h6,9-13H,1,7-8H2,2-5H3/t9-,10-,11+,12-,13-/m1/s1. The maximum absolute atomic E-state index is 11.9. The summed E-state index contributed by atoms with van der Waals surface area (Å²) >= 11 is 0. The Morgan fingerprint density at radius 3 is 2.54 bits per heavy atom. The van der Waals surface area contributed by atoms with Crippen molar-refractivity contribution in [2.75, 3.05) is 13.2 Å². The summed E-state index contributed by atoms with van der Waals surface area (Å²) in [6.07, 6.45) is -2.27. The average Bonchev–Trinajstić information content (AvgIpc) is 3.08. The molecule has 24 heavy (non-hydrogen) atoms. The zero-order chi connectivity index (χ0) is 17.5. The normalized spacial score (nSPS) is 39.4. The first-order valence-electron chi connectivity index (χ1n) is 7.98. The third-order valence-corrected chi connectivity index (χ3v) is 3.98. The number of carbonyl (C=O) groups is 1. The highest BCUT2D eigenvalue weighted by atomic mass is 16.9. The van der Waals surface area contributed by atoms with E-state index in [1.54, 1.807) is 13.8 Å². The number of ether oxygens (including phenoxy) is 7. The van der Waals surface area contributed by atoms with Crippen molar-refractivity contribution in [3.05, 3.63) is 12.7 Å². The third-order valence-electron chi connectivity index (χ3n) is 3.98. The van der Waals surface area contributed by atoms with Gasteiger partial charge in [0.25, 0.3) is 0 Å². The molecule has 8 nitrogen and oxygen atoms in total. The topological polar surface area (TPSA) is 81.7 Å². The van der Waals surface area contributed by atoms with Gasteiger partial charge in [0, 0.05) is 0 Å². The van der Waals surface area contributed by atoms with Crippen LogP contribution in [0.1, 0.15) is 27.7 Å². The summed E-state index contributed by atoms with van der Waals surface area (Å²) in [4.78, 5) is 11.9. The van der Waals surface area contributed by atoms with Crippen molar-refractivity contribution in [3.8, 4) is 0 Å². The Hall–Kier alpha value is -1.19. The summed E-state index contributed by atoms with van der Waals surface area (Å²) in [6.45, 7) is 11.0. The molecule has 0 aliphatic carbocycles. The van der Waals surface area contributed by atoms with Crippen LogP contribution in [0.15, 0.2) is 12.7 Å². The van der Waals surface area contributed by atoms with E-state index in [-0.39, 0.29) is 6.61 Å². The minimum Gasteiger partial charge on any atom is -0.430 e. The molecule has 0 spiro atoms. The molecule has 0 saturated carbocycles. The highest BCUT2D eigenvalue weighted by Crippen LogP contribution is 2.42. The van der Waals surface area contributed by atoms with Gasteiger partial charge in [0.05, 0.1) is 6.61 Å². The van der Waals surface area contributed by atoms with Crippen LogP contribution in [-0.4, -0.2) is 61.6 Å². The molecule has 0 amide bonds. The fraction of sp³-hybridized carbons (Fsp3) is 0.812. The van der Waals surface area contributed by atoms with Crippen LogP contribution in [0.2, 0.25) is 0 Å². The monoisotopic (exact) mass is 344 g/mol. The van der Waals surface area contributed by atoms with E-state index in [0.717, 1.165) is 0 Å². The van der Waals surface area contributed by atoms with Gasteiger partial charge in [0.2, 0.25) is 0 Å². The van der Waals surface area contributed by atoms with E-state index in [4.69, 9.17) is 33.2 Å². The fourth-order valence-corrected chi connectivity index (χ4v) is 3.09. The minimum atomic E-state index is -0.820. The predicted molar refractivity (Wildman–Crippen MR) is 80.0 cm³/mol. The van der Waals surface area contributed by atoms with Crippen molar-refractivity contribution in [1.82, 2.24) is 0 Å². The maximum atomic E-state index is 11.9. The van der Waals surface area contributed by atoms with Crippen LogP contribution in [0.4, 0.5) is 4.79 Å². The molecule has 0 aromatic heterocycles. The van der Waals surface area contributed by atoms with E-state index < -0.39 is 48.4 Å². The summed E-state index contributed by atoms with van der Waals surface area (Å²) < 4.78 is 39.2. The molecule has 3 saturated heterocycles. The van der Waals surface area contributed by atoms with E-state index >= 15 is 0 Å². The van der Waals surface area contributed by atoms with Crippen molar-refractivity contribution in [1.29, 1.82) is 0 Å². The molecule has 8 heteroatoms. The molecule has 3 aliphatic heterocycles. The molecular weight excluding hydrogens is 320 g/mol. The van der Waals surface area contributed by atoms with Gasteiger partial charge >= 0.3 is 6.16 Å². The molecule has 3 fully saturated rings. The van der Waals surface area contributed by atoms with Crippen LogP contribution in [0.3, 0.4) is 0 Å². The zero-order valence-electron chi connectivity index (χ0n) is 14.4. The van der Waals surface area contributed by atoms with E-state index in [9.17, 15) is 4.79 Å². The molecule has 0 N–H and O–H groups in total. The summed E-state index contributed by atoms with van der Waals surface area (Å²) in [5.41, 5.74) is 0. The van der Waals surface area contributed by atoms with Crippen LogP contribution in [0, 0.1) is 0 Å². The molecule has 5 atom stereocenters. The highest BCUT2D eigenvalue weighted by Gasteiger charge is 2.60. The van der Waals surface area contributed by atoms with Crippen molar-refractivity contribution in [3.63, 3.8) is 0 Å². The number of hydrogen-bond donors (Lipinski definition) is 0. The summed E-state index contributed by atoms with van der Waals surface area (Å²) in [6, 6.07) is 0. The average molecular weight is 344 g/mol. The van der Waals surface area contributed by atoms with E-state index in [0.29, 0.717) is 6.61 Å². The second-order valence-electron chi connectivity index (χ2n) is 6.87. The molecule has 0 bridgehead atoms. The van der Waals surface area contributed by atoms with Crippen LogP contribution < -0.4 is 0 Å². The first-order chi connectivity index (χ1) is 11.2. The van der Waals surface area contributed by atoms with Gasteiger partial charge < -0.3 is 33.2 Å². The van der Waals surface area contributed by atoms with Gasteiger partial charge in [0.15, 0.2) is 30.1 Å². The lowest BCUT2D eigenvalue weighted by molar-refractivity contribution is -0.233. The molecule has 0 unspecified atom stereocenters. The Labute approximate surface area is 140 Å². The molecule has 3 rings (SSSR count). The van der Waals surface area contributed by atoms with E-state index in [2.05, 4.69) is 6.58 Å². The van der Waals surface area contributed by atoms with Crippen molar-refractivity contribution < 1.29 is 38.0 Å². The Morgan fingerprint density at radius 1 is 1.17 bits per heavy atom. The van der Waals surface area contributed by atoms with Gasteiger partial charge in [0.1, 0.15) is 18.8 Å². The second-order valence-corrected chi connectivity index (χ2v) is 6.87. The predicted octanol–water partition coefficient (Wildman–Crippen LogP) is 1.72. The number of fused-ring (bicyclic) bond motifs is 1. The fourth-order valence-electron chi connectivity index (χ4n) is 3.09. The molecular formula is C16H24O8. The summed E-state index contributed by atoms with van der Waals surface area (Å²) in [5.74, 6) is -1.54. The number of rotatable bonds is 4. The van der Waals surface area contributed by atoms with Crippen molar-refractivity contribution in [2.24, 2.45) is 0 Å². The van der Waals surface area contributed by atoms with Gasteiger partial charge in [-0.15, -0.1) is 0 Å². The Bertz CT molecular complexity index is 502. The number of hydrogen-bond acceptors (Lipinski definition) is 8. The van der Waals surface area contributed by atoms with Gasteiger partial charge in [-0.25, -0.2) is 4.79 Å². The lowest BCUT2D eigenvalue weighted by Gasteiger charge is -2.28. The van der Waals surface area contributed by atoms with Crippen LogP contribution in [0.5, 0.6) is 0 Å². The van der Waals surface area contributed by atoms with Crippen LogP contribution >= 0.6 is 0 Å². The van der Waals surface area contributed by atoms with E-state index in [1.165, 1.54) is 6.08 Å². The minimum absolute atomic E-state index is 0.0596. The van der Waals surface area contributed by atoms with Gasteiger partial charge in [-0.1, -0.05) is 12.7 Å². The summed E-state index contributed by atoms with van der Waals surface area (Å²) in [7, 11) is 0. The van der Waals surface area contributed by atoms with Crippen molar-refractivity contribution in [2.45, 2.75) is 70.0 Å². The van der Waals surface area contributed by atoms with Gasteiger partial charge in [-0.3, -0.25) is 0 Å². The first-order valence-corrected chi connectivity index (χ1v) is 7.98. The quantitative estimate of drug-likeness (QED) is 0.563. The van der Waals surface area contributed by atoms with Gasteiger partial charge in [-0.05, 0) is 27.7 Å². The molecule has 3 aliphatic rings. The van der Waals surface area contributed by atoms with Crippen molar-refractivity contribution >= 4 is 6.16 Å². The third kappa shape index (κ3) is 3.57. The number of carbonyl (C=O) groups excluding carboxylic acids is 1. The Balaban J connectivity index is 1.73. The lowest BCUT2D eigenvalue weighted by atomic mass is 10.1. The van der Waals surface area contributed by atoms with E-state index in [1.807, 2.05) is 13.8 Å². The van der Waals surface area contributed by atoms with Crippen LogP contribution in [-0.2, 0) is 33.2 Å². The summed E-state index contributed by atoms with van der Waals surface area (Å²) in [5, 5.41) is 0. The molecule has 136 valence electrons. The molecule has 0 radical (unpaired) electrons. The Kier molecular flexibility index (Phi) is 4.61. The SMILES string of the molecule is C=CCOC(=O)O[C@@H]1[C@H]2OC(C)(C)O[C@H]2O[C@@H]1[C@H]1COC(C)(C)O1. The molecule has 0 aromatic carbocycles. The zero-order valence-corrected chi connectivity index (χ0v) is 14.4. The molecule has 0 aromatic rings. The lowest BCUT2D eigenvalue weighted by Crippen LogP contribution is -2.45. The smallest absolute Gasteiger partial charge is 0.430 e. The molecule has 3 heterocycles. The second kappa shape index (κ2) is 6.27. The first kappa shape index (κ1) is 17.6. The maximum Gasteiger partial charge on any atom is 0.509 e. The van der Waals surface area contributed by atoms with Gasteiger partial charge in [-0.2, -0.15) is 0 Å². The highest BCUT2D eigenvalue weighted by molar-refractivity contribution is 5.60. The van der Waals surface area contributed by atoms with Crippen LogP contribution in [0.25, 0.3) is 0 Å². The Morgan fingerprint density at radius 2 is 1.92 bits per heavy atom. The largest absolute Gasteiger partial charge is 0.509 e.